The van der Waals surface area contributed by atoms with Crippen LogP contribution in [0.2, 0.25) is 0 Å². The quantitative estimate of drug-likeness (QED) is 0.460. The summed E-state index contributed by atoms with van der Waals surface area (Å²) in [5, 5.41) is 7.37. The molecule has 0 aliphatic heterocycles. The van der Waals surface area contributed by atoms with Gasteiger partial charge >= 0.3 is 0 Å². The van der Waals surface area contributed by atoms with Crippen molar-refractivity contribution in [1.82, 2.24) is 0 Å². The lowest BCUT2D eigenvalue weighted by atomic mass is 10.0. The van der Waals surface area contributed by atoms with E-state index in [2.05, 4.69) is 0 Å². The maximum absolute atomic E-state index is 7.37. The van der Waals surface area contributed by atoms with E-state index in [1.165, 1.54) is 25.7 Å². The third-order valence-corrected chi connectivity index (χ3v) is 2.11. The highest BCUT2D eigenvalue weighted by molar-refractivity contribution is 4.70. The van der Waals surface area contributed by atoms with Gasteiger partial charge in [-0.3, -0.25) is 0 Å². The minimum Gasteiger partial charge on any atom is -0.443 e. The Kier molecular flexibility index (Phi) is 1.90. The number of hydrogen-bond donors (Lipinski definition) is 0. The molecule has 1 fully saturated rings. The molecular weight excluding hydrogens is 100 g/mol. The summed E-state index contributed by atoms with van der Waals surface area (Å²) < 4.78 is 0. The first-order valence-corrected chi connectivity index (χ1v) is 3.52. The molecule has 1 aliphatic rings. The van der Waals surface area contributed by atoms with Crippen molar-refractivity contribution >= 4 is 0 Å². The molecule has 0 aromatic rings. The van der Waals surface area contributed by atoms with Gasteiger partial charge < -0.3 is 5.11 Å². The van der Waals surface area contributed by atoms with E-state index < -0.39 is 0 Å². The minimum absolute atomic E-state index is 0.192. The largest absolute Gasteiger partial charge is 0.443 e. The predicted molar refractivity (Wildman–Crippen MR) is 35.0 cm³/mol. The fourth-order valence-corrected chi connectivity index (χ4v) is 1.46. The van der Waals surface area contributed by atoms with Crippen LogP contribution in [0.25, 0.3) is 0 Å². The Balaban J connectivity index is 2.24. The van der Waals surface area contributed by atoms with E-state index in [9.17, 15) is 0 Å². The van der Waals surface area contributed by atoms with E-state index in [1.54, 1.807) is 0 Å². The highest BCUT2D eigenvalue weighted by atomic mass is 16.3. The Bertz CT molecular complexity index is 62.8. The fraction of sp³-hybridized carbons (Fsp3) is 1.00. The molecule has 0 amide bonds. The van der Waals surface area contributed by atoms with Crippen LogP contribution in [0.15, 0.2) is 0 Å². The molecule has 48 valence electrons. The van der Waals surface area contributed by atoms with Crippen LogP contribution in [0.5, 0.6) is 0 Å². The van der Waals surface area contributed by atoms with E-state index in [1.807, 2.05) is 6.92 Å². The van der Waals surface area contributed by atoms with E-state index >= 15 is 0 Å². The van der Waals surface area contributed by atoms with E-state index in [4.69, 9.17) is 5.11 Å². The maximum atomic E-state index is 7.37. The Morgan fingerprint density at radius 3 is 2.12 bits per heavy atom. The van der Waals surface area contributed by atoms with Crippen LogP contribution < -0.4 is 0 Å². The molecule has 1 heteroatoms. The SMILES string of the molecule is CC([OH2+])C1CCCC1. The van der Waals surface area contributed by atoms with Gasteiger partial charge in [-0.1, -0.05) is 12.8 Å². The van der Waals surface area contributed by atoms with Crippen molar-refractivity contribution < 1.29 is 5.11 Å². The summed E-state index contributed by atoms with van der Waals surface area (Å²) in [5.41, 5.74) is 0. The topological polar surface area (TPSA) is 22.9 Å². The Labute approximate surface area is 50.7 Å². The van der Waals surface area contributed by atoms with Crippen LogP contribution in [0, 0.1) is 5.92 Å². The molecule has 1 nitrogen and oxygen atoms in total. The van der Waals surface area contributed by atoms with Crippen molar-refractivity contribution in [3.8, 4) is 0 Å². The minimum atomic E-state index is 0.192. The van der Waals surface area contributed by atoms with Gasteiger partial charge in [-0.25, -0.2) is 0 Å². The molecule has 1 aliphatic carbocycles. The van der Waals surface area contributed by atoms with Gasteiger partial charge in [-0.2, -0.15) is 0 Å². The van der Waals surface area contributed by atoms with Crippen LogP contribution in [-0.4, -0.2) is 11.2 Å². The summed E-state index contributed by atoms with van der Waals surface area (Å²) in [4.78, 5) is 0. The molecule has 0 aromatic carbocycles. The standard InChI is InChI=1S/C7H14O/c1-6(8)7-4-2-3-5-7/h6-8H,2-5H2,1H3/p+1. The monoisotopic (exact) mass is 115 g/mol. The maximum Gasteiger partial charge on any atom is 0.153 e. The van der Waals surface area contributed by atoms with Crippen molar-refractivity contribution in [2.45, 2.75) is 38.7 Å². The van der Waals surface area contributed by atoms with E-state index in [0.29, 0.717) is 0 Å². The molecular formula is C7H15O+. The van der Waals surface area contributed by atoms with Crippen molar-refractivity contribution in [2.24, 2.45) is 5.92 Å². The van der Waals surface area contributed by atoms with Crippen LogP contribution in [0.3, 0.4) is 0 Å². The molecule has 8 heavy (non-hydrogen) atoms. The van der Waals surface area contributed by atoms with Gasteiger partial charge in [0.05, 0.1) is 0 Å². The van der Waals surface area contributed by atoms with Crippen LogP contribution >= 0.6 is 0 Å². The Morgan fingerprint density at radius 1 is 1.38 bits per heavy atom. The summed E-state index contributed by atoms with van der Waals surface area (Å²) in [5.74, 6) is 0.731. The normalized spacial score (nSPS) is 26.2. The molecule has 0 bridgehead atoms. The van der Waals surface area contributed by atoms with Gasteiger partial charge in [-0.05, 0) is 12.8 Å². The second-order valence-electron chi connectivity index (χ2n) is 2.83. The molecule has 0 saturated heterocycles. The zero-order chi connectivity index (χ0) is 5.98. The van der Waals surface area contributed by atoms with Crippen molar-refractivity contribution in [3.63, 3.8) is 0 Å². The molecule has 1 unspecified atom stereocenters. The van der Waals surface area contributed by atoms with Crippen LogP contribution in [-0.2, 0) is 0 Å². The second kappa shape index (κ2) is 2.49. The van der Waals surface area contributed by atoms with E-state index in [-0.39, 0.29) is 6.10 Å². The van der Waals surface area contributed by atoms with Crippen LogP contribution in [0.1, 0.15) is 32.6 Å². The smallest absolute Gasteiger partial charge is 0.153 e. The molecule has 1 atom stereocenters. The highest BCUT2D eigenvalue weighted by Crippen LogP contribution is 2.26. The third-order valence-electron chi connectivity index (χ3n) is 2.11. The molecule has 2 N–H and O–H groups in total. The highest BCUT2D eigenvalue weighted by Gasteiger charge is 2.22. The lowest BCUT2D eigenvalue weighted by Crippen LogP contribution is -2.11. The zero-order valence-electron chi connectivity index (χ0n) is 5.48. The summed E-state index contributed by atoms with van der Waals surface area (Å²) >= 11 is 0. The average molecular weight is 115 g/mol. The van der Waals surface area contributed by atoms with Gasteiger partial charge in [0.15, 0.2) is 6.10 Å². The summed E-state index contributed by atoms with van der Waals surface area (Å²) in [7, 11) is 0. The van der Waals surface area contributed by atoms with Crippen molar-refractivity contribution in [1.29, 1.82) is 0 Å². The first-order valence-electron chi connectivity index (χ1n) is 3.52. The van der Waals surface area contributed by atoms with Gasteiger partial charge in [-0.15, -0.1) is 0 Å². The van der Waals surface area contributed by atoms with Crippen molar-refractivity contribution in [3.05, 3.63) is 0 Å². The molecule has 1 rings (SSSR count). The molecule has 0 aromatic heterocycles. The molecule has 0 radical (unpaired) electrons. The Morgan fingerprint density at radius 2 is 1.88 bits per heavy atom. The molecule has 0 spiro atoms. The predicted octanol–water partition coefficient (Wildman–Crippen LogP) is 1.29. The zero-order valence-corrected chi connectivity index (χ0v) is 5.48. The van der Waals surface area contributed by atoms with Gasteiger partial charge in [0.2, 0.25) is 0 Å². The molecule has 1 saturated carbocycles. The average Bonchev–Trinajstić information content (AvgIpc) is 2.12. The first kappa shape index (κ1) is 6.09. The van der Waals surface area contributed by atoms with Crippen LogP contribution in [0.4, 0.5) is 0 Å². The van der Waals surface area contributed by atoms with E-state index in [0.717, 1.165) is 5.92 Å². The van der Waals surface area contributed by atoms with Gasteiger partial charge in [0, 0.05) is 12.8 Å². The fourth-order valence-electron chi connectivity index (χ4n) is 1.46. The lowest BCUT2D eigenvalue weighted by molar-refractivity contribution is 0.129. The van der Waals surface area contributed by atoms with Gasteiger partial charge in [0.25, 0.3) is 0 Å². The second-order valence-corrected chi connectivity index (χ2v) is 2.83. The molecule has 0 heterocycles. The summed E-state index contributed by atoms with van der Waals surface area (Å²) in [6.07, 6.45) is 5.55. The first-order chi connectivity index (χ1) is 3.80. The third kappa shape index (κ3) is 1.22. The lowest BCUT2D eigenvalue weighted by Gasteiger charge is -2.06. The Hall–Kier alpha value is -0.0400. The van der Waals surface area contributed by atoms with Crippen molar-refractivity contribution in [2.75, 3.05) is 0 Å². The summed E-state index contributed by atoms with van der Waals surface area (Å²) in [6.45, 7) is 2.01. The van der Waals surface area contributed by atoms with Gasteiger partial charge in [0.1, 0.15) is 0 Å². The summed E-state index contributed by atoms with van der Waals surface area (Å²) in [6, 6.07) is 0. The number of rotatable bonds is 1. The number of hydrogen-bond acceptors (Lipinski definition) is 0.